The zero-order chi connectivity index (χ0) is 18.1. The number of furan rings is 1. The molecule has 0 saturated carbocycles. The predicted molar refractivity (Wildman–Crippen MR) is 94.7 cm³/mol. The molecular weight excluding hydrogens is 332 g/mol. The average molecular weight is 354 g/mol. The van der Waals surface area contributed by atoms with Crippen molar-refractivity contribution in [2.45, 2.75) is 19.4 Å². The van der Waals surface area contributed by atoms with Crippen LogP contribution in [0.4, 0.5) is 0 Å². The van der Waals surface area contributed by atoms with E-state index in [4.69, 9.17) is 9.15 Å². The van der Waals surface area contributed by atoms with Crippen LogP contribution in [0.5, 0.6) is 5.75 Å². The number of ether oxygens (including phenoxy) is 1. The van der Waals surface area contributed by atoms with E-state index in [0.29, 0.717) is 31.8 Å². The Morgan fingerprint density at radius 1 is 1.23 bits per heavy atom. The van der Waals surface area contributed by atoms with E-state index in [9.17, 15) is 9.59 Å². The normalized spacial score (nSPS) is 22.4. The highest BCUT2D eigenvalue weighted by atomic mass is 16.5. The highest BCUT2D eigenvalue weighted by Crippen LogP contribution is 2.41. The van der Waals surface area contributed by atoms with Crippen molar-refractivity contribution in [2.24, 2.45) is 5.41 Å². The summed E-state index contributed by atoms with van der Waals surface area (Å²) in [6, 6.07) is 11.2. The summed E-state index contributed by atoms with van der Waals surface area (Å²) in [6.45, 7) is 2.36. The topological polar surface area (TPSA) is 63.0 Å². The molecule has 0 unspecified atom stereocenters. The minimum Gasteiger partial charge on any atom is -0.497 e. The Balaban J connectivity index is 1.44. The van der Waals surface area contributed by atoms with Gasteiger partial charge in [-0.1, -0.05) is 12.1 Å². The number of carbonyl (C=O) groups is 2. The van der Waals surface area contributed by atoms with Crippen LogP contribution in [0, 0.1) is 5.41 Å². The maximum atomic E-state index is 13.1. The van der Waals surface area contributed by atoms with Gasteiger partial charge in [-0.15, -0.1) is 0 Å². The van der Waals surface area contributed by atoms with Crippen LogP contribution in [0.25, 0.3) is 0 Å². The number of amides is 2. The third kappa shape index (κ3) is 2.85. The SMILES string of the molecule is COc1cccc(CN2CC[C@@]3(CCN(C(=O)c4ccco4)C3)C2=O)c1. The standard InChI is InChI=1S/C20H22N2O4/c1-25-16-5-2-4-15(12-16)13-21-9-7-20(19(21)24)8-10-22(14-20)18(23)17-6-3-11-26-17/h2-6,11-12H,7-10,13-14H2,1H3/t20-/m0/s1. The summed E-state index contributed by atoms with van der Waals surface area (Å²) in [6.07, 6.45) is 3.00. The van der Waals surface area contributed by atoms with Gasteiger partial charge in [0, 0.05) is 26.2 Å². The maximum Gasteiger partial charge on any atom is 0.289 e. The predicted octanol–water partition coefficient (Wildman–Crippen LogP) is 2.55. The number of nitrogens with zero attached hydrogens (tertiary/aromatic N) is 2. The van der Waals surface area contributed by atoms with Gasteiger partial charge in [0.2, 0.25) is 5.91 Å². The van der Waals surface area contributed by atoms with Gasteiger partial charge >= 0.3 is 0 Å². The molecule has 2 amide bonds. The second kappa shape index (κ2) is 6.52. The van der Waals surface area contributed by atoms with E-state index >= 15 is 0 Å². The van der Waals surface area contributed by atoms with Crippen LogP contribution in [0.1, 0.15) is 29.0 Å². The first-order valence-electron chi connectivity index (χ1n) is 8.86. The molecule has 26 heavy (non-hydrogen) atoms. The van der Waals surface area contributed by atoms with E-state index in [-0.39, 0.29) is 11.8 Å². The summed E-state index contributed by atoms with van der Waals surface area (Å²) < 4.78 is 10.5. The molecule has 1 atom stereocenters. The third-order valence-corrected chi connectivity index (χ3v) is 5.48. The van der Waals surface area contributed by atoms with Crippen LogP contribution in [-0.4, -0.2) is 48.4 Å². The van der Waals surface area contributed by atoms with Crippen LogP contribution in [0.15, 0.2) is 47.1 Å². The molecule has 136 valence electrons. The highest BCUT2D eigenvalue weighted by Gasteiger charge is 2.51. The van der Waals surface area contributed by atoms with Gasteiger partial charge in [0.05, 0.1) is 18.8 Å². The van der Waals surface area contributed by atoms with Crippen molar-refractivity contribution in [3.63, 3.8) is 0 Å². The molecule has 0 aliphatic carbocycles. The van der Waals surface area contributed by atoms with Crippen molar-refractivity contribution in [2.75, 3.05) is 26.7 Å². The quantitative estimate of drug-likeness (QED) is 0.846. The molecule has 2 fully saturated rings. The lowest BCUT2D eigenvalue weighted by atomic mass is 9.85. The molecule has 2 aliphatic heterocycles. The van der Waals surface area contributed by atoms with E-state index < -0.39 is 5.41 Å². The Labute approximate surface area is 152 Å². The van der Waals surface area contributed by atoms with Gasteiger partial charge in [-0.05, 0) is 42.7 Å². The van der Waals surface area contributed by atoms with Gasteiger partial charge in [-0.2, -0.15) is 0 Å². The fourth-order valence-electron chi connectivity index (χ4n) is 4.02. The van der Waals surface area contributed by atoms with Crippen LogP contribution in [0.3, 0.4) is 0 Å². The van der Waals surface area contributed by atoms with E-state index in [1.54, 1.807) is 24.1 Å². The second-order valence-electron chi connectivity index (χ2n) is 7.06. The summed E-state index contributed by atoms with van der Waals surface area (Å²) in [4.78, 5) is 29.2. The zero-order valence-electron chi connectivity index (χ0n) is 14.8. The van der Waals surface area contributed by atoms with Gasteiger partial charge < -0.3 is 19.0 Å². The molecule has 1 aromatic carbocycles. The van der Waals surface area contributed by atoms with Gasteiger partial charge in [-0.3, -0.25) is 9.59 Å². The third-order valence-electron chi connectivity index (χ3n) is 5.48. The number of carbonyl (C=O) groups excluding carboxylic acids is 2. The van der Waals surface area contributed by atoms with Crippen molar-refractivity contribution in [1.29, 1.82) is 0 Å². The monoisotopic (exact) mass is 354 g/mol. The number of likely N-dealkylation sites (tertiary alicyclic amines) is 2. The Bertz CT molecular complexity index is 817. The Hall–Kier alpha value is -2.76. The van der Waals surface area contributed by atoms with Crippen LogP contribution in [0.2, 0.25) is 0 Å². The number of hydrogen-bond acceptors (Lipinski definition) is 4. The molecule has 6 heteroatoms. The van der Waals surface area contributed by atoms with E-state index in [0.717, 1.165) is 24.3 Å². The highest BCUT2D eigenvalue weighted by molar-refractivity contribution is 5.93. The molecule has 1 aromatic heterocycles. The number of benzene rings is 1. The van der Waals surface area contributed by atoms with Crippen LogP contribution >= 0.6 is 0 Å². The number of rotatable bonds is 4. The first kappa shape index (κ1) is 16.7. The molecule has 2 aromatic rings. The zero-order valence-corrected chi connectivity index (χ0v) is 14.8. The molecular formula is C20H22N2O4. The minimum atomic E-state index is -0.443. The summed E-state index contributed by atoms with van der Waals surface area (Å²) in [7, 11) is 1.64. The van der Waals surface area contributed by atoms with Crippen molar-refractivity contribution in [3.8, 4) is 5.75 Å². The number of hydrogen-bond donors (Lipinski definition) is 0. The largest absolute Gasteiger partial charge is 0.497 e. The van der Waals surface area contributed by atoms with Gasteiger partial charge in [-0.25, -0.2) is 0 Å². The van der Waals surface area contributed by atoms with E-state index in [1.165, 1.54) is 6.26 Å². The molecule has 0 N–H and O–H groups in total. The van der Waals surface area contributed by atoms with Crippen molar-refractivity contribution < 1.29 is 18.7 Å². The smallest absolute Gasteiger partial charge is 0.289 e. The van der Waals surface area contributed by atoms with Crippen LogP contribution < -0.4 is 4.74 Å². The molecule has 2 aliphatic rings. The molecule has 0 radical (unpaired) electrons. The first-order valence-corrected chi connectivity index (χ1v) is 8.86. The maximum absolute atomic E-state index is 13.1. The van der Waals surface area contributed by atoms with Gasteiger partial charge in [0.15, 0.2) is 5.76 Å². The second-order valence-corrected chi connectivity index (χ2v) is 7.06. The lowest BCUT2D eigenvalue weighted by Gasteiger charge is -2.23. The summed E-state index contributed by atoms with van der Waals surface area (Å²) in [5, 5.41) is 0. The molecule has 0 bridgehead atoms. The molecule has 4 rings (SSSR count). The van der Waals surface area contributed by atoms with Crippen LogP contribution in [-0.2, 0) is 11.3 Å². The molecule has 1 spiro atoms. The van der Waals surface area contributed by atoms with Gasteiger partial charge in [0.1, 0.15) is 5.75 Å². The minimum absolute atomic E-state index is 0.133. The fourth-order valence-corrected chi connectivity index (χ4v) is 4.02. The van der Waals surface area contributed by atoms with Crippen molar-refractivity contribution in [3.05, 3.63) is 54.0 Å². The molecule has 6 nitrogen and oxygen atoms in total. The average Bonchev–Trinajstić information content (AvgIpc) is 3.40. The van der Waals surface area contributed by atoms with Crippen molar-refractivity contribution >= 4 is 11.8 Å². The van der Waals surface area contributed by atoms with E-state index in [2.05, 4.69) is 0 Å². The fraction of sp³-hybridized carbons (Fsp3) is 0.400. The summed E-state index contributed by atoms with van der Waals surface area (Å²) in [5.74, 6) is 1.14. The Morgan fingerprint density at radius 3 is 2.85 bits per heavy atom. The Morgan fingerprint density at radius 2 is 2.08 bits per heavy atom. The Kier molecular flexibility index (Phi) is 4.18. The summed E-state index contributed by atoms with van der Waals surface area (Å²) >= 11 is 0. The van der Waals surface area contributed by atoms with Gasteiger partial charge in [0.25, 0.3) is 5.91 Å². The molecule has 2 saturated heterocycles. The molecule has 3 heterocycles. The summed E-state index contributed by atoms with van der Waals surface area (Å²) in [5.41, 5.74) is 0.609. The first-order chi connectivity index (χ1) is 12.6. The van der Waals surface area contributed by atoms with E-state index in [1.807, 2.05) is 29.2 Å². The number of methoxy groups -OCH3 is 1. The lowest BCUT2D eigenvalue weighted by molar-refractivity contribution is -0.135. The van der Waals surface area contributed by atoms with Crippen molar-refractivity contribution in [1.82, 2.24) is 9.80 Å². The lowest BCUT2D eigenvalue weighted by Crippen LogP contribution is -2.38.